The van der Waals surface area contributed by atoms with Gasteiger partial charge in [-0.15, -0.1) is 8.78 Å². The van der Waals surface area contributed by atoms with Gasteiger partial charge in [0.05, 0.1) is 5.56 Å². The summed E-state index contributed by atoms with van der Waals surface area (Å²) in [5.41, 5.74) is 1.59. The van der Waals surface area contributed by atoms with Gasteiger partial charge in [0.2, 0.25) is 0 Å². The summed E-state index contributed by atoms with van der Waals surface area (Å²) in [5, 5.41) is 5.62. The van der Waals surface area contributed by atoms with Crippen LogP contribution in [0.1, 0.15) is 15.9 Å². The first-order valence-electron chi connectivity index (χ1n) is 8.53. The fraction of sp³-hybridized carbons (Fsp3) is 0.100. The van der Waals surface area contributed by atoms with E-state index in [0.717, 1.165) is 11.6 Å². The number of amides is 1. The Balaban J connectivity index is 1.52. The molecule has 148 valence electrons. The van der Waals surface area contributed by atoms with E-state index in [2.05, 4.69) is 25.1 Å². The van der Waals surface area contributed by atoms with E-state index in [1.807, 2.05) is 0 Å². The maximum Gasteiger partial charge on any atom is 0.586 e. The summed E-state index contributed by atoms with van der Waals surface area (Å²) >= 11 is 0. The van der Waals surface area contributed by atoms with Crippen molar-refractivity contribution in [2.24, 2.45) is 0 Å². The number of carbonyl (C=O) groups is 1. The summed E-state index contributed by atoms with van der Waals surface area (Å²) in [6, 6.07) is 11.2. The molecule has 0 unspecified atom stereocenters. The van der Waals surface area contributed by atoms with Crippen molar-refractivity contribution in [1.82, 2.24) is 4.98 Å². The highest BCUT2D eigenvalue weighted by Gasteiger charge is 2.43. The summed E-state index contributed by atoms with van der Waals surface area (Å²) in [7, 11) is 0. The number of ether oxygens (including phenoxy) is 2. The van der Waals surface area contributed by atoms with Crippen LogP contribution >= 0.6 is 0 Å². The van der Waals surface area contributed by atoms with Crippen LogP contribution in [-0.4, -0.2) is 17.2 Å². The van der Waals surface area contributed by atoms with Gasteiger partial charge in [-0.05, 0) is 48.0 Å². The maximum atomic E-state index is 13.7. The third kappa shape index (κ3) is 4.23. The Hall–Kier alpha value is -3.75. The van der Waals surface area contributed by atoms with Gasteiger partial charge in [0.1, 0.15) is 5.82 Å². The molecule has 1 amide bonds. The second kappa shape index (κ2) is 7.34. The Morgan fingerprint density at radius 1 is 1.00 bits per heavy atom. The molecule has 9 heteroatoms. The fourth-order valence-corrected chi connectivity index (χ4v) is 2.78. The van der Waals surface area contributed by atoms with E-state index in [1.165, 1.54) is 30.3 Å². The largest absolute Gasteiger partial charge is 0.586 e. The Kier molecular flexibility index (Phi) is 4.71. The summed E-state index contributed by atoms with van der Waals surface area (Å²) in [4.78, 5) is 16.6. The van der Waals surface area contributed by atoms with E-state index < -0.39 is 18.0 Å². The summed E-state index contributed by atoms with van der Waals surface area (Å²) in [6.07, 6.45) is -0.478. The molecule has 1 aromatic heterocycles. The molecule has 0 aliphatic carbocycles. The van der Waals surface area contributed by atoms with Crippen LogP contribution in [-0.2, 0) is 6.54 Å². The lowest BCUT2D eigenvalue weighted by Crippen LogP contribution is -2.25. The van der Waals surface area contributed by atoms with Crippen molar-refractivity contribution in [1.29, 1.82) is 0 Å². The van der Waals surface area contributed by atoms with Gasteiger partial charge in [0, 0.05) is 36.4 Å². The molecule has 0 saturated carbocycles. The van der Waals surface area contributed by atoms with Gasteiger partial charge in [0.15, 0.2) is 11.5 Å². The molecule has 0 radical (unpaired) electrons. The predicted molar refractivity (Wildman–Crippen MR) is 98.6 cm³/mol. The number of benzene rings is 2. The maximum absolute atomic E-state index is 13.7. The third-order valence-corrected chi connectivity index (χ3v) is 4.12. The van der Waals surface area contributed by atoms with Gasteiger partial charge in [-0.2, -0.15) is 0 Å². The molecule has 0 fully saturated rings. The van der Waals surface area contributed by atoms with Gasteiger partial charge >= 0.3 is 6.29 Å². The number of rotatable bonds is 5. The molecule has 2 N–H and O–H groups in total. The average molecular weight is 401 g/mol. The number of hydrogen-bond acceptors (Lipinski definition) is 5. The fourth-order valence-electron chi connectivity index (χ4n) is 2.78. The Morgan fingerprint density at radius 2 is 1.76 bits per heavy atom. The van der Waals surface area contributed by atoms with E-state index in [1.54, 1.807) is 24.5 Å². The number of nitrogens with one attached hydrogen (secondary N) is 2. The second-order valence-corrected chi connectivity index (χ2v) is 6.18. The number of hydrogen-bond donors (Lipinski definition) is 2. The van der Waals surface area contributed by atoms with Crippen LogP contribution in [0.25, 0.3) is 0 Å². The summed E-state index contributed by atoms with van der Waals surface area (Å²) in [6.45, 7) is 0.396. The minimum Gasteiger partial charge on any atom is -0.395 e. The zero-order valence-electron chi connectivity index (χ0n) is 14.8. The monoisotopic (exact) mass is 401 g/mol. The van der Waals surface area contributed by atoms with Crippen molar-refractivity contribution in [3.63, 3.8) is 0 Å². The van der Waals surface area contributed by atoms with Crippen molar-refractivity contribution in [3.8, 4) is 11.5 Å². The number of halogens is 3. The first-order chi connectivity index (χ1) is 13.9. The quantitative estimate of drug-likeness (QED) is 0.663. The Morgan fingerprint density at radius 3 is 2.55 bits per heavy atom. The molecule has 1 aliphatic heterocycles. The average Bonchev–Trinajstić information content (AvgIpc) is 3.01. The number of carbonyl (C=O) groups excluding carboxylic acids is 1. The number of nitrogens with zero attached hydrogens (tertiary/aromatic N) is 1. The van der Waals surface area contributed by atoms with E-state index in [9.17, 15) is 18.0 Å². The summed E-state index contributed by atoms with van der Waals surface area (Å²) < 4.78 is 48.7. The predicted octanol–water partition coefficient (Wildman–Crippen LogP) is 4.41. The molecule has 0 atom stereocenters. The van der Waals surface area contributed by atoms with Crippen LogP contribution in [0.5, 0.6) is 11.5 Å². The normalized spacial score (nSPS) is 13.8. The number of alkyl halides is 2. The van der Waals surface area contributed by atoms with Crippen molar-refractivity contribution < 1.29 is 27.4 Å². The SMILES string of the molecule is O=C(Nc1ccc2c(c1)OC(F)(F)O2)c1cc(F)ccc1NCc1ccncc1. The lowest BCUT2D eigenvalue weighted by atomic mass is 10.1. The number of aromatic nitrogens is 1. The summed E-state index contributed by atoms with van der Waals surface area (Å²) in [5.74, 6) is -1.55. The minimum atomic E-state index is -3.75. The molecule has 3 aromatic rings. The van der Waals surface area contributed by atoms with Crippen molar-refractivity contribution in [2.45, 2.75) is 12.8 Å². The molecule has 6 nitrogen and oxygen atoms in total. The highest BCUT2D eigenvalue weighted by atomic mass is 19.3. The number of fused-ring (bicyclic) bond motifs is 1. The Labute approximate surface area is 163 Å². The van der Waals surface area contributed by atoms with Gasteiger partial charge in [-0.25, -0.2) is 4.39 Å². The molecular formula is C20H14F3N3O3. The zero-order chi connectivity index (χ0) is 20.4. The first-order valence-corrected chi connectivity index (χ1v) is 8.53. The van der Waals surface area contributed by atoms with E-state index in [-0.39, 0.29) is 22.7 Å². The molecular weight excluding hydrogens is 387 g/mol. The Bertz CT molecular complexity index is 1060. The molecule has 1 aliphatic rings. The first kappa shape index (κ1) is 18.6. The van der Waals surface area contributed by atoms with Gasteiger partial charge in [-0.3, -0.25) is 9.78 Å². The third-order valence-electron chi connectivity index (χ3n) is 4.12. The van der Waals surface area contributed by atoms with E-state index in [0.29, 0.717) is 12.2 Å². The van der Waals surface area contributed by atoms with Crippen molar-refractivity contribution >= 4 is 17.3 Å². The zero-order valence-corrected chi connectivity index (χ0v) is 14.8. The molecule has 0 bridgehead atoms. The molecule has 4 rings (SSSR count). The topological polar surface area (TPSA) is 72.5 Å². The molecule has 0 spiro atoms. The molecule has 29 heavy (non-hydrogen) atoms. The van der Waals surface area contributed by atoms with Crippen LogP contribution in [0, 0.1) is 5.82 Å². The van der Waals surface area contributed by atoms with E-state index in [4.69, 9.17) is 0 Å². The van der Waals surface area contributed by atoms with Crippen LogP contribution < -0.4 is 20.1 Å². The van der Waals surface area contributed by atoms with Crippen molar-refractivity contribution in [3.05, 3.63) is 77.9 Å². The van der Waals surface area contributed by atoms with Crippen LogP contribution in [0.3, 0.4) is 0 Å². The molecule has 2 aromatic carbocycles. The smallest absolute Gasteiger partial charge is 0.395 e. The molecule has 2 heterocycles. The van der Waals surface area contributed by atoms with Crippen LogP contribution in [0.2, 0.25) is 0 Å². The van der Waals surface area contributed by atoms with Crippen LogP contribution in [0.15, 0.2) is 60.9 Å². The lowest BCUT2D eigenvalue weighted by Gasteiger charge is -2.13. The van der Waals surface area contributed by atoms with Crippen molar-refractivity contribution in [2.75, 3.05) is 10.6 Å². The minimum absolute atomic E-state index is 0.0575. The molecule has 0 saturated heterocycles. The van der Waals surface area contributed by atoms with Gasteiger partial charge in [-0.1, -0.05) is 0 Å². The van der Waals surface area contributed by atoms with Gasteiger partial charge in [0.25, 0.3) is 5.91 Å². The standard InChI is InChI=1S/C20H14F3N3O3/c21-13-1-3-16(25-11-12-5-7-24-8-6-12)15(9-13)19(27)26-14-2-4-17-18(10-14)29-20(22,23)28-17/h1-10,25H,11H2,(H,26,27). The highest BCUT2D eigenvalue weighted by molar-refractivity contribution is 6.08. The van der Waals surface area contributed by atoms with Gasteiger partial charge < -0.3 is 20.1 Å². The number of anilines is 2. The lowest BCUT2D eigenvalue weighted by molar-refractivity contribution is -0.286. The van der Waals surface area contributed by atoms with Crippen LogP contribution in [0.4, 0.5) is 24.5 Å². The highest BCUT2D eigenvalue weighted by Crippen LogP contribution is 2.42. The number of pyridine rings is 1. The van der Waals surface area contributed by atoms with E-state index >= 15 is 0 Å². The second-order valence-electron chi connectivity index (χ2n) is 6.18.